The normalized spacial score (nSPS) is 11.5. The highest BCUT2D eigenvalue weighted by molar-refractivity contribution is 9.10. The van der Waals surface area contributed by atoms with Gasteiger partial charge in [0, 0.05) is 37.4 Å². The van der Waals surface area contributed by atoms with Gasteiger partial charge >= 0.3 is 5.97 Å². The topological polar surface area (TPSA) is 51.1 Å². The van der Waals surface area contributed by atoms with Crippen LogP contribution in [0.1, 0.15) is 10.5 Å². The van der Waals surface area contributed by atoms with E-state index in [1.54, 1.807) is 0 Å². The van der Waals surface area contributed by atoms with Crippen molar-refractivity contribution in [1.29, 1.82) is 0 Å². The second kappa shape index (κ2) is 8.01. The molecule has 0 unspecified atom stereocenters. The molecule has 3 aromatic heterocycles. The van der Waals surface area contributed by atoms with Crippen molar-refractivity contribution in [2.24, 2.45) is 0 Å². The monoisotopic (exact) mass is 530 g/mol. The number of methoxy groups -OCH3 is 1. The summed E-state index contributed by atoms with van der Waals surface area (Å²) in [6.45, 7) is 0. The van der Waals surface area contributed by atoms with Gasteiger partial charge in [0.2, 0.25) is 11.2 Å². The average molecular weight is 532 g/mol. The molecule has 6 rings (SSSR count). The van der Waals surface area contributed by atoms with Gasteiger partial charge in [-0.1, -0.05) is 45.7 Å². The SMILES string of the molecule is COC(=O)c1cc2c3ccccc3[nH]c2c2c(-c3ccc(Br)cc3)n(-c3ccc(Cl)cc3)c[n+]12. The first-order chi connectivity index (χ1) is 16.5. The molecule has 6 aromatic rings. The number of esters is 1. The number of hydrogen-bond acceptors (Lipinski definition) is 2. The summed E-state index contributed by atoms with van der Waals surface area (Å²) in [6.07, 6.45) is 1.92. The van der Waals surface area contributed by atoms with Crippen LogP contribution in [0.5, 0.6) is 0 Å². The van der Waals surface area contributed by atoms with E-state index >= 15 is 0 Å². The number of benzene rings is 3. The third kappa shape index (κ3) is 3.22. The third-order valence-electron chi connectivity index (χ3n) is 6.08. The molecule has 0 saturated carbocycles. The Balaban J connectivity index is 1.83. The van der Waals surface area contributed by atoms with Crippen molar-refractivity contribution in [2.45, 2.75) is 0 Å². The molecule has 3 aromatic carbocycles. The summed E-state index contributed by atoms with van der Waals surface area (Å²) in [5, 5.41) is 2.67. The van der Waals surface area contributed by atoms with E-state index in [1.165, 1.54) is 7.11 Å². The summed E-state index contributed by atoms with van der Waals surface area (Å²) in [5.41, 5.74) is 6.14. The number of fused-ring (bicyclic) bond motifs is 5. The summed E-state index contributed by atoms with van der Waals surface area (Å²) in [7, 11) is 1.40. The summed E-state index contributed by atoms with van der Waals surface area (Å²) >= 11 is 9.71. The molecule has 0 spiro atoms. The quantitative estimate of drug-likeness (QED) is 0.204. The highest BCUT2D eigenvalue weighted by atomic mass is 79.9. The van der Waals surface area contributed by atoms with E-state index in [-0.39, 0.29) is 0 Å². The maximum atomic E-state index is 12.9. The van der Waals surface area contributed by atoms with Gasteiger partial charge in [0.1, 0.15) is 5.69 Å². The minimum Gasteiger partial charge on any atom is -0.463 e. The molecular weight excluding hydrogens is 514 g/mol. The van der Waals surface area contributed by atoms with Crippen LogP contribution in [0.15, 0.2) is 89.7 Å². The van der Waals surface area contributed by atoms with Crippen molar-refractivity contribution in [1.82, 2.24) is 9.55 Å². The van der Waals surface area contributed by atoms with Crippen molar-refractivity contribution in [3.05, 3.63) is 100 Å². The molecule has 0 aliphatic rings. The molecule has 0 radical (unpaired) electrons. The lowest BCUT2D eigenvalue weighted by atomic mass is 10.1. The molecule has 0 amide bonds. The number of pyridine rings is 1. The van der Waals surface area contributed by atoms with E-state index in [0.29, 0.717) is 10.7 Å². The second-order valence-electron chi connectivity index (χ2n) is 8.02. The number of H-pyrrole nitrogens is 1. The Labute approximate surface area is 208 Å². The van der Waals surface area contributed by atoms with Gasteiger partial charge in [-0.25, -0.2) is 4.79 Å². The standard InChI is InChI=1S/C27H17BrClN3O2/c1-34-27(33)23-14-21-20-4-2-3-5-22(20)30-24(21)26-25(16-6-8-17(28)9-7-16)31(15-32(23)26)19-12-10-18(29)11-13-19/h2-15H,1H3/p+1. The fraction of sp³-hybridized carbons (Fsp3) is 0.0370. The Kier molecular flexibility index (Phi) is 4.94. The summed E-state index contributed by atoms with van der Waals surface area (Å²) < 4.78 is 10.1. The van der Waals surface area contributed by atoms with Gasteiger partial charge in [-0.2, -0.15) is 8.97 Å². The largest absolute Gasteiger partial charge is 0.463 e. The lowest BCUT2D eigenvalue weighted by Gasteiger charge is -2.04. The molecule has 0 atom stereocenters. The number of ether oxygens (including phenoxy) is 1. The first-order valence-electron chi connectivity index (χ1n) is 10.7. The molecule has 166 valence electrons. The molecule has 5 nitrogen and oxygen atoms in total. The highest BCUT2D eigenvalue weighted by Gasteiger charge is 2.29. The van der Waals surface area contributed by atoms with Crippen molar-refractivity contribution in [3.8, 4) is 16.9 Å². The number of nitrogens with one attached hydrogen (secondary N) is 1. The second-order valence-corrected chi connectivity index (χ2v) is 9.37. The third-order valence-corrected chi connectivity index (χ3v) is 6.86. The van der Waals surface area contributed by atoms with Crippen LogP contribution in [-0.4, -0.2) is 22.6 Å². The number of imidazole rings is 1. The van der Waals surface area contributed by atoms with E-state index in [1.807, 2.05) is 71.4 Å². The number of para-hydroxylation sites is 1. The fourth-order valence-electron chi connectivity index (χ4n) is 4.53. The van der Waals surface area contributed by atoms with Crippen LogP contribution in [0.4, 0.5) is 0 Å². The zero-order valence-corrected chi connectivity index (χ0v) is 20.4. The molecule has 3 heterocycles. The molecule has 34 heavy (non-hydrogen) atoms. The van der Waals surface area contributed by atoms with Crippen LogP contribution in [0, 0.1) is 0 Å². The Morgan fingerprint density at radius 2 is 1.74 bits per heavy atom. The van der Waals surface area contributed by atoms with Crippen LogP contribution in [0.25, 0.3) is 44.3 Å². The fourth-order valence-corrected chi connectivity index (χ4v) is 4.92. The molecule has 0 saturated heterocycles. The van der Waals surface area contributed by atoms with Gasteiger partial charge in [-0.15, -0.1) is 0 Å². The van der Waals surface area contributed by atoms with Crippen LogP contribution in [0.2, 0.25) is 5.02 Å². The number of carbonyl (C=O) groups is 1. The Bertz CT molecular complexity index is 1720. The lowest BCUT2D eigenvalue weighted by molar-refractivity contribution is -0.514. The van der Waals surface area contributed by atoms with Crippen LogP contribution < -0.4 is 4.40 Å². The van der Waals surface area contributed by atoms with E-state index < -0.39 is 5.97 Å². The first-order valence-corrected chi connectivity index (χ1v) is 11.8. The van der Waals surface area contributed by atoms with Gasteiger partial charge in [0.05, 0.1) is 12.6 Å². The Hall–Kier alpha value is -3.61. The van der Waals surface area contributed by atoms with E-state index in [0.717, 1.165) is 48.7 Å². The van der Waals surface area contributed by atoms with Crippen LogP contribution in [0.3, 0.4) is 0 Å². The minimum atomic E-state index is -0.405. The molecule has 7 heteroatoms. The van der Waals surface area contributed by atoms with Gasteiger partial charge in [0.15, 0.2) is 5.69 Å². The number of hydrogen-bond donors (Lipinski definition) is 1. The van der Waals surface area contributed by atoms with Gasteiger partial charge in [-0.3, -0.25) is 0 Å². The van der Waals surface area contributed by atoms with E-state index in [4.69, 9.17) is 16.3 Å². The molecule has 1 N–H and O–H groups in total. The number of rotatable bonds is 3. The molecular formula is C27H18BrClN3O2+. The van der Waals surface area contributed by atoms with E-state index in [9.17, 15) is 4.79 Å². The average Bonchev–Trinajstić information content (AvgIpc) is 3.43. The Morgan fingerprint density at radius 3 is 2.47 bits per heavy atom. The van der Waals surface area contributed by atoms with Gasteiger partial charge < -0.3 is 9.72 Å². The smallest absolute Gasteiger partial charge is 0.378 e. The lowest BCUT2D eigenvalue weighted by Crippen LogP contribution is -2.29. The predicted molar refractivity (Wildman–Crippen MR) is 138 cm³/mol. The van der Waals surface area contributed by atoms with E-state index in [2.05, 4.69) is 43.7 Å². The van der Waals surface area contributed by atoms with Gasteiger partial charge in [0.25, 0.3) is 6.33 Å². The first kappa shape index (κ1) is 21.0. The number of nitrogens with zero attached hydrogens (tertiary/aromatic N) is 2. The summed E-state index contributed by atoms with van der Waals surface area (Å²) in [6, 6.07) is 25.8. The number of halogens is 2. The van der Waals surface area contributed by atoms with Crippen molar-refractivity contribution >= 4 is 60.8 Å². The molecule has 0 aliphatic carbocycles. The molecule has 0 aliphatic heterocycles. The number of aromatic nitrogens is 3. The van der Waals surface area contributed by atoms with Crippen molar-refractivity contribution in [3.63, 3.8) is 0 Å². The number of carbonyl (C=O) groups excluding carboxylic acids is 1. The highest BCUT2D eigenvalue weighted by Crippen LogP contribution is 2.35. The zero-order valence-electron chi connectivity index (χ0n) is 18.0. The summed E-state index contributed by atoms with van der Waals surface area (Å²) in [4.78, 5) is 16.5. The number of aromatic amines is 1. The van der Waals surface area contributed by atoms with Crippen LogP contribution >= 0.6 is 27.5 Å². The predicted octanol–water partition coefficient (Wildman–Crippen LogP) is 6.72. The maximum absolute atomic E-state index is 12.9. The molecule has 0 fully saturated rings. The molecule has 0 bridgehead atoms. The Morgan fingerprint density at radius 1 is 1.00 bits per heavy atom. The van der Waals surface area contributed by atoms with Crippen molar-refractivity contribution < 1.29 is 13.9 Å². The van der Waals surface area contributed by atoms with Crippen molar-refractivity contribution in [2.75, 3.05) is 7.11 Å². The van der Waals surface area contributed by atoms with Crippen LogP contribution in [-0.2, 0) is 4.74 Å². The summed E-state index contributed by atoms with van der Waals surface area (Å²) in [5.74, 6) is -0.405. The van der Waals surface area contributed by atoms with Gasteiger partial charge in [-0.05, 0) is 54.6 Å². The maximum Gasteiger partial charge on any atom is 0.378 e. The zero-order chi connectivity index (χ0) is 23.4. The minimum absolute atomic E-state index is 0.405.